The molecule has 2 aromatic rings. The van der Waals surface area contributed by atoms with Crippen LogP contribution < -0.4 is 0 Å². The number of ether oxygens (including phenoxy) is 2. The van der Waals surface area contributed by atoms with Crippen LogP contribution in [0.5, 0.6) is 0 Å². The van der Waals surface area contributed by atoms with Crippen molar-refractivity contribution in [1.29, 1.82) is 0 Å². The molecule has 2 aromatic carbocycles. The molecule has 0 saturated carbocycles. The molecule has 0 unspecified atom stereocenters. The topological polar surface area (TPSA) is 24.9 Å². The van der Waals surface area contributed by atoms with Gasteiger partial charge in [-0.1, -0.05) is 128 Å². The van der Waals surface area contributed by atoms with Crippen LogP contribution in [0.1, 0.15) is 129 Å². The van der Waals surface area contributed by atoms with E-state index in [1.54, 1.807) is 0 Å². The molecule has 0 aliphatic carbocycles. The van der Waals surface area contributed by atoms with Crippen LogP contribution in [0, 0.1) is 0 Å². The van der Waals surface area contributed by atoms with Gasteiger partial charge in [-0.25, -0.2) is 0 Å². The van der Waals surface area contributed by atoms with Gasteiger partial charge >= 0.3 is 0 Å². The lowest BCUT2D eigenvalue weighted by atomic mass is 10.0. The van der Waals surface area contributed by atoms with Crippen molar-refractivity contribution in [1.82, 2.24) is 9.80 Å². The van der Waals surface area contributed by atoms with Gasteiger partial charge in [-0.15, -0.1) is 0 Å². The predicted molar refractivity (Wildman–Crippen MR) is 191 cm³/mol. The summed E-state index contributed by atoms with van der Waals surface area (Å²) in [5.74, 6) is 0. The maximum Gasteiger partial charge on any atom is 0.0717 e. The number of nitrogens with zero attached hydrogens (tertiary/aromatic N) is 2. The quantitative estimate of drug-likeness (QED) is 0.0858. The Hall–Kier alpha value is -1.72. The lowest BCUT2D eigenvalue weighted by molar-refractivity contribution is 0.0912. The Kier molecular flexibility index (Phi) is 23.2. The van der Waals surface area contributed by atoms with Crippen molar-refractivity contribution < 1.29 is 9.47 Å². The summed E-state index contributed by atoms with van der Waals surface area (Å²) in [5, 5.41) is 0. The number of rotatable bonds is 29. The second-order valence-electron chi connectivity index (χ2n) is 12.7. The molecule has 0 atom stereocenters. The van der Waals surface area contributed by atoms with Crippen LogP contribution in [0.2, 0.25) is 0 Å². The first-order valence-electron chi connectivity index (χ1n) is 18.5. The van der Waals surface area contributed by atoms with Gasteiger partial charge in [0.05, 0.1) is 26.4 Å². The van der Waals surface area contributed by atoms with Crippen LogP contribution in [0.15, 0.2) is 48.5 Å². The fraction of sp³-hybridized carbons (Fsp3) is 0.700. The number of benzene rings is 2. The van der Waals surface area contributed by atoms with Gasteiger partial charge in [0.15, 0.2) is 0 Å². The van der Waals surface area contributed by atoms with E-state index in [1.807, 2.05) is 0 Å². The number of hydrogen-bond donors (Lipinski definition) is 0. The molecule has 0 spiro atoms. The van der Waals surface area contributed by atoms with Crippen LogP contribution in [-0.4, -0.2) is 62.3 Å². The highest BCUT2D eigenvalue weighted by atomic mass is 16.5. The van der Waals surface area contributed by atoms with Gasteiger partial charge in [0, 0.05) is 13.1 Å². The van der Waals surface area contributed by atoms with E-state index in [0.717, 1.165) is 26.3 Å². The van der Waals surface area contributed by atoms with Crippen LogP contribution in [0.3, 0.4) is 0 Å². The van der Waals surface area contributed by atoms with Gasteiger partial charge in [0.25, 0.3) is 0 Å². The largest absolute Gasteiger partial charge is 0.375 e. The SMILES string of the molecule is CCCCCCCN(CCCC)CCOCc1cccc(-c2cccc(COCCN(CCCC)CCCCCCC)c2)c1. The minimum Gasteiger partial charge on any atom is -0.375 e. The van der Waals surface area contributed by atoms with Crippen molar-refractivity contribution >= 4 is 0 Å². The molecule has 0 aliphatic rings. The van der Waals surface area contributed by atoms with Gasteiger partial charge in [0.2, 0.25) is 0 Å². The summed E-state index contributed by atoms with van der Waals surface area (Å²) in [7, 11) is 0. The Morgan fingerprint density at radius 3 is 1.23 bits per heavy atom. The van der Waals surface area contributed by atoms with E-state index in [1.165, 1.54) is 138 Å². The average molecular weight is 609 g/mol. The maximum absolute atomic E-state index is 6.17. The molecule has 0 saturated heterocycles. The summed E-state index contributed by atoms with van der Waals surface area (Å²) in [5.41, 5.74) is 4.98. The maximum atomic E-state index is 6.17. The van der Waals surface area contributed by atoms with E-state index < -0.39 is 0 Å². The Balaban J connectivity index is 1.78. The van der Waals surface area contributed by atoms with Crippen molar-refractivity contribution in [3.05, 3.63) is 59.7 Å². The molecule has 0 aliphatic heterocycles. The molecule has 0 heterocycles. The normalized spacial score (nSPS) is 11.7. The standard InChI is InChI=1S/C40H68N2O2/c1-5-9-13-15-17-27-41(25-11-7-3)29-31-43-35-37-21-19-23-39(33-37)40-24-20-22-38(34-40)36-44-32-30-42(26-12-8-4)28-18-16-14-10-6-2/h19-24,33-34H,5-18,25-32,35-36H2,1-4H3. The monoisotopic (exact) mass is 609 g/mol. The molecule has 0 N–H and O–H groups in total. The van der Waals surface area contributed by atoms with Gasteiger partial charge in [-0.05, 0) is 86.2 Å². The molecule has 0 aromatic heterocycles. The first-order valence-corrected chi connectivity index (χ1v) is 18.5. The molecule has 2 rings (SSSR count). The van der Waals surface area contributed by atoms with Crippen LogP contribution in [-0.2, 0) is 22.7 Å². The molecule has 44 heavy (non-hydrogen) atoms. The third-order valence-corrected chi connectivity index (χ3v) is 8.64. The van der Waals surface area contributed by atoms with Crippen LogP contribution >= 0.6 is 0 Å². The molecular weight excluding hydrogens is 540 g/mol. The van der Waals surface area contributed by atoms with Crippen molar-refractivity contribution in [2.24, 2.45) is 0 Å². The van der Waals surface area contributed by atoms with Gasteiger partial charge in [0.1, 0.15) is 0 Å². The van der Waals surface area contributed by atoms with Crippen molar-refractivity contribution in [3.63, 3.8) is 0 Å². The predicted octanol–water partition coefficient (Wildman–Crippen LogP) is 10.5. The Labute approximate surface area is 272 Å². The lowest BCUT2D eigenvalue weighted by Crippen LogP contribution is -2.29. The zero-order valence-corrected chi connectivity index (χ0v) is 29.3. The second kappa shape index (κ2) is 26.5. The minimum absolute atomic E-state index is 0.669. The summed E-state index contributed by atoms with van der Waals surface area (Å²) < 4.78 is 12.3. The summed E-state index contributed by atoms with van der Waals surface area (Å²) in [4.78, 5) is 5.22. The fourth-order valence-electron chi connectivity index (χ4n) is 5.76. The molecule has 0 bridgehead atoms. The number of hydrogen-bond acceptors (Lipinski definition) is 4. The van der Waals surface area contributed by atoms with Crippen molar-refractivity contribution in [3.8, 4) is 11.1 Å². The molecule has 0 amide bonds. The van der Waals surface area contributed by atoms with E-state index in [2.05, 4.69) is 86.0 Å². The summed E-state index contributed by atoms with van der Waals surface area (Å²) >= 11 is 0. The van der Waals surface area contributed by atoms with E-state index in [9.17, 15) is 0 Å². The van der Waals surface area contributed by atoms with Crippen molar-refractivity contribution in [2.75, 3.05) is 52.5 Å². The summed E-state index contributed by atoms with van der Waals surface area (Å²) in [6, 6.07) is 17.7. The second-order valence-corrected chi connectivity index (χ2v) is 12.7. The highest BCUT2D eigenvalue weighted by molar-refractivity contribution is 5.64. The zero-order chi connectivity index (χ0) is 31.5. The molecule has 0 fully saturated rings. The lowest BCUT2D eigenvalue weighted by Gasteiger charge is -2.22. The Morgan fingerprint density at radius 2 is 0.818 bits per heavy atom. The third-order valence-electron chi connectivity index (χ3n) is 8.64. The smallest absolute Gasteiger partial charge is 0.0717 e. The summed E-state index contributed by atoms with van der Waals surface area (Å²) in [6.07, 6.45) is 18.5. The molecule has 4 heteroatoms. The van der Waals surface area contributed by atoms with Gasteiger partial charge in [-0.3, -0.25) is 0 Å². The van der Waals surface area contributed by atoms with E-state index >= 15 is 0 Å². The van der Waals surface area contributed by atoms with E-state index in [4.69, 9.17) is 9.47 Å². The third kappa shape index (κ3) is 18.3. The van der Waals surface area contributed by atoms with E-state index in [-0.39, 0.29) is 0 Å². The first kappa shape index (κ1) is 38.5. The average Bonchev–Trinajstić information content (AvgIpc) is 3.05. The Morgan fingerprint density at radius 1 is 0.432 bits per heavy atom. The van der Waals surface area contributed by atoms with Crippen LogP contribution in [0.25, 0.3) is 11.1 Å². The number of unbranched alkanes of at least 4 members (excludes halogenated alkanes) is 10. The molecule has 250 valence electrons. The van der Waals surface area contributed by atoms with Gasteiger partial charge < -0.3 is 19.3 Å². The highest BCUT2D eigenvalue weighted by Crippen LogP contribution is 2.22. The summed E-state index contributed by atoms with van der Waals surface area (Å²) in [6.45, 7) is 18.9. The highest BCUT2D eigenvalue weighted by Gasteiger charge is 2.07. The first-order chi connectivity index (χ1) is 21.7. The molecule has 0 radical (unpaired) electrons. The molecule has 4 nitrogen and oxygen atoms in total. The van der Waals surface area contributed by atoms with Gasteiger partial charge in [-0.2, -0.15) is 0 Å². The van der Waals surface area contributed by atoms with Crippen LogP contribution in [0.4, 0.5) is 0 Å². The fourth-order valence-corrected chi connectivity index (χ4v) is 5.76. The van der Waals surface area contributed by atoms with E-state index in [0.29, 0.717) is 13.2 Å². The van der Waals surface area contributed by atoms with Crippen molar-refractivity contribution in [2.45, 2.75) is 131 Å². The Bertz CT molecular complexity index is 858. The molecular formula is C40H68N2O2. The minimum atomic E-state index is 0.669. The zero-order valence-electron chi connectivity index (χ0n) is 29.3.